The summed E-state index contributed by atoms with van der Waals surface area (Å²) in [6, 6.07) is 46.8. The average Bonchev–Trinajstić information content (AvgIpc) is 3.92. The van der Waals surface area contributed by atoms with Crippen LogP contribution in [0.3, 0.4) is 0 Å². The second-order valence-corrected chi connectivity index (χ2v) is 12.4. The van der Waals surface area contributed by atoms with Gasteiger partial charge in [0, 0.05) is 33.8 Å². The minimum atomic E-state index is 0.590. The number of oxazole rings is 3. The topological polar surface area (TPSA) is 81.3 Å². The van der Waals surface area contributed by atoms with E-state index in [0.29, 0.717) is 17.7 Å². The Morgan fingerprint density at radius 2 is 0.880 bits per heavy atom. The van der Waals surface area contributed by atoms with Crippen molar-refractivity contribution in [2.24, 2.45) is 0 Å². The lowest BCUT2D eigenvalue weighted by atomic mass is 10.1. The fourth-order valence-electron chi connectivity index (χ4n) is 6.33. The Labute approximate surface area is 288 Å². The standard InChI is InChI=1S/C43H32N4O3/c1-2-3-8-28-13-26-37-40(27-28)50-43(46-37)31-18-24-34(25-19-31)47(32-20-14-29(15-21-32)41-44-35-9-4-6-11-38(35)48-41)33-22-16-30(17-23-33)42-45-36-10-5-7-12-39(36)49-42/h4-7,9-27H,2-3,8H2,1H3. The number of fused-ring (bicyclic) bond motifs is 3. The molecule has 0 atom stereocenters. The Morgan fingerprint density at radius 3 is 1.32 bits per heavy atom. The Balaban J connectivity index is 1.06. The van der Waals surface area contributed by atoms with Gasteiger partial charge in [-0.1, -0.05) is 43.7 Å². The molecule has 0 aliphatic heterocycles. The Hall–Kier alpha value is -6.47. The van der Waals surface area contributed by atoms with E-state index < -0.39 is 0 Å². The monoisotopic (exact) mass is 652 g/mol. The van der Waals surface area contributed by atoms with Gasteiger partial charge in [-0.15, -0.1) is 0 Å². The van der Waals surface area contributed by atoms with E-state index in [1.165, 1.54) is 5.56 Å². The average molecular weight is 653 g/mol. The van der Waals surface area contributed by atoms with E-state index in [0.717, 1.165) is 86.3 Å². The number of para-hydroxylation sites is 4. The largest absolute Gasteiger partial charge is 0.436 e. The van der Waals surface area contributed by atoms with Crippen LogP contribution in [-0.4, -0.2) is 15.0 Å². The molecule has 9 aromatic rings. The first-order chi connectivity index (χ1) is 24.7. The summed E-state index contributed by atoms with van der Waals surface area (Å²) < 4.78 is 18.3. The lowest BCUT2D eigenvalue weighted by Gasteiger charge is -2.26. The van der Waals surface area contributed by atoms with E-state index in [1.54, 1.807) is 0 Å². The van der Waals surface area contributed by atoms with Crippen LogP contribution in [0, 0.1) is 0 Å². The third kappa shape index (κ3) is 5.58. The van der Waals surface area contributed by atoms with Crippen LogP contribution in [0.5, 0.6) is 0 Å². The zero-order valence-electron chi connectivity index (χ0n) is 27.4. The van der Waals surface area contributed by atoms with Crippen LogP contribution in [0.2, 0.25) is 0 Å². The molecule has 0 spiro atoms. The van der Waals surface area contributed by atoms with Crippen LogP contribution >= 0.6 is 0 Å². The van der Waals surface area contributed by atoms with Gasteiger partial charge in [0.2, 0.25) is 17.7 Å². The highest BCUT2D eigenvalue weighted by Gasteiger charge is 2.17. The number of hydrogen-bond donors (Lipinski definition) is 0. The van der Waals surface area contributed by atoms with Gasteiger partial charge in [-0.3, -0.25) is 0 Å². The molecule has 9 rings (SSSR count). The van der Waals surface area contributed by atoms with Gasteiger partial charge in [0.1, 0.15) is 16.6 Å². The van der Waals surface area contributed by atoms with Gasteiger partial charge in [0.25, 0.3) is 0 Å². The lowest BCUT2D eigenvalue weighted by molar-refractivity contribution is 0.619. The van der Waals surface area contributed by atoms with Crippen molar-refractivity contribution in [3.05, 3.63) is 145 Å². The smallest absolute Gasteiger partial charge is 0.227 e. The predicted octanol–water partition coefficient (Wildman–Crippen LogP) is 11.9. The van der Waals surface area contributed by atoms with E-state index in [9.17, 15) is 0 Å². The third-order valence-corrected chi connectivity index (χ3v) is 8.98. The zero-order valence-corrected chi connectivity index (χ0v) is 27.4. The maximum Gasteiger partial charge on any atom is 0.227 e. The molecule has 0 N–H and O–H groups in total. The minimum absolute atomic E-state index is 0.590. The molecule has 0 amide bonds. The van der Waals surface area contributed by atoms with Crippen LogP contribution in [0.1, 0.15) is 25.3 Å². The molecule has 50 heavy (non-hydrogen) atoms. The van der Waals surface area contributed by atoms with Crippen molar-refractivity contribution in [1.82, 2.24) is 15.0 Å². The van der Waals surface area contributed by atoms with Crippen LogP contribution in [0.25, 0.3) is 67.7 Å². The van der Waals surface area contributed by atoms with Crippen LogP contribution < -0.4 is 4.90 Å². The maximum absolute atomic E-state index is 6.24. The molecular weight excluding hydrogens is 620 g/mol. The molecule has 6 aromatic carbocycles. The summed E-state index contributed by atoms with van der Waals surface area (Å²) in [5.41, 5.74) is 11.8. The molecule has 0 saturated heterocycles. The number of hydrogen-bond acceptors (Lipinski definition) is 7. The number of rotatable bonds is 9. The van der Waals surface area contributed by atoms with Crippen LogP contribution in [-0.2, 0) is 6.42 Å². The van der Waals surface area contributed by atoms with Crippen LogP contribution in [0.15, 0.2) is 153 Å². The van der Waals surface area contributed by atoms with Gasteiger partial charge in [-0.25, -0.2) is 15.0 Å². The van der Waals surface area contributed by atoms with Crippen molar-refractivity contribution in [3.8, 4) is 34.4 Å². The number of aromatic nitrogens is 3. The van der Waals surface area contributed by atoms with Gasteiger partial charge >= 0.3 is 0 Å². The number of anilines is 3. The molecule has 7 heteroatoms. The maximum atomic E-state index is 6.24. The minimum Gasteiger partial charge on any atom is -0.436 e. The molecular formula is C43H32N4O3. The first-order valence-corrected chi connectivity index (χ1v) is 16.9. The summed E-state index contributed by atoms with van der Waals surface area (Å²) in [5, 5.41) is 0. The second-order valence-electron chi connectivity index (χ2n) is 12.4. The fraction of sp³-hybridized carbons (Fsp3) is 0.0930. The van der Waals surface area contributed by atoms with E-state index >= 15 is 0 Å². The van der Waals surface area contributed by atoms with E-state index in [2.05, 4.69) is 78.6 Å². The van der Waals surface area contributed by atoms with Crippen molar-refractivity contribution in [2.45, 2.75) is 26.2 Å². The van der Waals surface area contributed by atoms with Gasteiger partial charge < -0.3 is 18.2 Å². The molecule has 7 nitrogen and oxygen atoms in total. The number of benzene rings is 6. The second kappa shape index (κ2) is 12.5. The normalized spacial score (nSPS) is 11.5. The Kier molecular flexibility index (Phi) is 7.43. The Morgan fingerprint density at radius 1 is 0.460 bits per heavy atom. The van der Waals surface area contributed by atoms with Gasteiger partial charge in [-0.2, -0.15) is 0 Å². The van der Waals surface area contributed by atoms with Gasteiger partial charge in [0.05, 0.1) is 0 Å². The molecule has 0 fully saturated rings. The number of nitrogens with zero attached hydrogens (tertiary/aromatic N) is 4. The molecule has 0 aliphatic rings. The molecule has 0 bridgehead atoms. The predicted molar refractivity (Wildman–Crippen MR) is 199 cm³/mol. The quantitative estimate of drug-likeness (QED) is 0.153. The zero-order chi connectivity index (χ0) is 33.4. The van der Waals surface area contributed by atoms with E-state index in [1.807, 2.05) is 72.8 Å². The molecule has 242 valence electrons. The van der Waals surface area contributed by atoms with Crippen LogP contribution in [0.4, 0.5) is 17.1 Å². The van der Waals surface area contributed by atoms with Crippen molar-refractivity contribution in [2.75, 3.05) is 4.90 Å². The summed E-state index contributed by atoms with van der Waals surface area (Å²) >= 11 is 0. The summed E-state index contributed by atoms with van der Waals surface area (Å²) in [5.74, 6) is 1.79. The van der Waals surface area contributed by atoms with Gasteiger partial charge in [-0.05, 0) is 128 Å². The van der Waals surface area contributed by atoms with Crippen molar-refractivity contribution in [3.63, 3.8) is 0 Å². The van der Waals surface area contributed by atoms with Crippen molar-refractivity contribution >= 4 is 50.4 Å². The lowest BCUT2D eigenvalue weighted by Crippen LogP contribution is -2.09. The highest BCUT2D eigenvalue weighted by Crippen LogP contribution is 2.38. The molecule has 3 aromatic heterocycles. The highest BCUT2D eigenvalue weighted by atomic mass is 16.4. The number of unbranched alkanes of at least 4 members (excludes halogenated alkanes) is 1. The van der Waals surface area contributed by atoms with E-state index in [-0.39, 0.29) is 0 Å². The van der Waals surface area contributed by atoms with Crippen molar-refractivity contribution < 1.29 is 13.3 Å². The summed E-state index contributed by atoms with van der Waals surface area (Å²) in [6.45, 7) is 2.21. The molecule has 0 radical (unpaired) electrons. The van der Waals surface area contributed by atoms with E-state index in [4.69, 9.17) is 28.2 Å². The number of aryl methyl sites for hydroxylation is 1. The fourth-order valence-corrected chi connectivity index (χ4v) is 6.33. The summed E-state index contributed by atoms with van der Waals surface area (Å²) in [6.07, 6.45) is 3.36. The summed E-state index contributed by atoms with van der Waals surface area (Å²) in [7, 11) is 0. The molecule has 0 saturated carbocycles. The first-order valence-electron chi connectivity index (χ1n) is 16.9. The molecule has 3 heterocycles. The highest BCUT2D eigenvalue weighted by molar-refractivity contribution is 5.82. The first kappa shape index (κ1) is 29.7. The SMILES string of the molecule is CCCCc1ccc2nc(-c3ccc(N(c4ccc(-c5nc6ccccc6o5)cc4)c4ccc(-c5nc6ccccc6o5)cc4)cc3)oc2c1. The van der Waals surface area contributed by atoms with Crippen molar-refractivity contribution in [1.29, 1.82) is 0 Å². The summed E-state index contributed by atoms with van der Waals surface area (Å²) in [4.78, 5) is 16.4. The van der Waals surface area contributed by atoms with Gasteiger partial charge in [0.15, 0.2) is 16.7 Å². The molecule has 0 unspecified atom stereocenters. The third-order valence-electron chi connectivity index (χ3n) is 8.98. The molecule has 0 aliphatic carbocycles. The Bertz CT molecular complexity index is 2400.